The van der Waals surface area contributed by atoms with Crippen molar-refractivity contribution in [1.82, 2.24) is 15.1 Å². The SMILES string of the molecule is CCCCNC(=O)CCN1CCN(Cc2ccccc2)CC1. The Morgan fingerprint density at radius 1 is 1.09 bits per heavy atom. The third-order valence-corrected chi connectivity index (χ3v) is 4.22. The van der Waals surface area contributed by atoms with E-state index in [1.807, 2.05) is 0 Å². The normalized spacial score (nSPS) is 16.6. The Morgan fingerprint density at radius 2 is 1.77 bits per heavy atom. The monoisotopic (exact) mass is 303 g/mol. The van der Waals surface area contributed by atoms with Crippen LogP contribution in [0.1, 0.15) is 31.7 Å². The zero-order chi connectivity index (χ0) is 15.6. The molecule has 1 fully saturated rings. The van der Waals surface area contributed by atoms with E-state index in [1.165, 1.54) is 5.56 Å². The van der Waals surface area contributed by atoms with Crippen LogP contribution in [0.2, 0.25) is 0 Å². The van der Waals surface area contributed by atoms with Gasteiger partial charge in [-0.2, -0.15) is 0 Å². The van der Waals surface area contributed by atoms with E-state index in [4.69, 9.17) is 0 Å². The van der Waals surface area contributed by atoms with Crippen LogP contribution in [0.5, 0.6) is 0 Å². The summed E-state index contributed by atoms with van der Waals surface area (Å²) in [5.74, 6) is 0.195. The van der Waals surface area contributed by atoms with E-state index >= 15 is 0 Å². The molecule has 1 aromatic carbocycles. The van der Waals surface area contributed by atoms with E-state index < -0.39 is 0 Å². The Morgan fingerprint density at radius 3 is 2.45 bits per heavy atom. The highest BCUT2D eigenvalue weighted by Crippen LogP contribution is 2.08. The molecule has 1 amide bonds. The van der Waals surface area contributed by atoms with Crippen LogP contribution < -0.4 is 5.32 Å². The zero-order valence-corrected chi connectivity index (χ0v) is 13.8. The Bertz CT molecular complexity index is 427. The molecule has 0 radical (unpaired) electrons. The fraction of sp³-hybridized carbons (Fsp3) is 0.611. The molecular formula is C18H29N3O. The fourth-order valence-electron chi connectivity index (χ4n) is 2.77. The summed E-state index contributed by atoms with van der Waals surface area (Å²) in [4.78, 5) is 16.6. The molecule has 4 nitrogen and oxygen atoms in total. The molecule has 2 rings (SSSR count). The van der Waals surface area contributed by atoms with Crippen molar-refractivity contribution >= 4 is 5.91 Å². The minimum Gasteiger partial charge on any atom is -0.356 e. The molecule has 22 heavy (non-hydrogen) atoms. The maximum absolute atomic E-state index is 11.7. The van der Waals surface area contributed by atoms with Gasteiger partial charge in [0.2, 0.25) is 5.91 Å². The summed E-state index contributed by atoms with van der Waals surface area (Å²) in [6.07, 6.45) is 2.83. The molecule has 0 bridgehead atoms. The van der Waals surface area contributed by atoms with Crippen LogP contribution in [0.25, 0.3) is 0 Å². The zero-order valence-electron chi connectivity index (χ0n) is 13.8. The van der Waals surface area contributed by atoms with E-state index in [2.05, 4.69) is 52.4 Å². The summed E-state index contributed by atoms with van der Waals surface area (Å²) >= 11 is 0. The van der Waals surface area contributed by atoms with Gasteiger partial charge in [0.15, 0.2) is 0 Å². The average molecular weight is 303 g/mol. The molecule has 0 atom stereocenters. The Balaban J connectivity index is 1.60. The van der Waals surface area contributed by atoms with Crippen LogP contribution in [0.4, 0.5) is 0 Å². The second-order valence-electron chi connectivity index (χ2n) is 6.06. The molecule has 1 aromatic rings. The minimum atomic E-state index is 0.195. The first-order valence-electron chi connectivity index (χ1n) is 8.53. The molecule has 4 heteroatoms. The summed E-state index contributed by atoms with van der Waals surface area (Å²) in [6.45, 7) is 9.19. The minimum absolute atomic E-state index is 0.195. The quantitative estimate of drug-likeness (QED) is 0.747. The summed E-state index contributed by atoms with van der Waals surface area (Å²) in [6, 6.07) is 10.6. The van der Waals surface area contributed by atoms with Gasteiger partial charge in [-0.1, -0.05) is 43.7 Å². The van der Waals surface area contributed by atoms with Gasteiger partial charge in [-0.25, -0.2) is 0 Å². The lowest BCUT2D eigenvalue weighted by Gasteiger charge is -2.34. The first-order valence-corrected chi connectivity index (χ1v) is 8.53. The lowest BCUT2D eigenvalue weighted by atomic mass is 10.2. The number of benzene rings is 1. The molecule has 0 aromatic heterocycles. The van der Waals surface area contributed by atoms with Gasteiger partial charge in [0.1, 0.15) is 0 Å². The predicted molar refractivity (Wildman–Crippen MR) is 90.7 cm³/mol. The molecule has 0 unspecified atom stereocenters. The summed E-state index contributed by atoms with van der Waals surface area (Å²) in [5.41, 5.74) is 1.38. The molecule has 0 aliphatic carbocycles. The Labute approximate surface area is 134 Å². The van der Waals surface area contributed by atoms with E-state index in [0.29, 0.717) is 6.42 Å². The highest BCUT2D eigenvalue weighted by atomic mass is 16.1. The fourth-order valence-corrected chi connectivity index (χ4v) is 2.77. The molecule has 1 aliphatic heterocycles. The molecule has 1 heterocycles. The number of carbonyl (C=O) groups excluding carboxylic acids is 1. The van der Waals surface area contributed by atoms with Crippen LogP contribution in [0.3, 0.4) is 0 Å². The van der Waals surface area contributed by atoms with Crippen molar-refractivity contribution in [2.45, 2.75) is 32.7 Å². The second-order valence-corrected chi connectivity index (χ2v) is 6.06. The average Bonchev–Trinajstić information content (AvgIpc) is 2.55. The third-order valence-electron chi connectivity index (χ3n) is 4.22. The Hall–Kier alpha value is -1.39. The number of carbonyl (C=O) groups is 1. The van der Waals surface area contributed by atoms with Gasteiger partial charge in [0, 0.05) is 52.2 Å². The van der Waals surface area contributed by atoms with Gasteiger partial charge in [0.05, 0.1) is 0 Å². The molecule has 1 N–H and O–H groups in total. The molecule has 1 aliphatic rings. The lowest BCUT2D eigenvalue weighted by molar-refractivity contribution is -0.121. The number of hydrogen-bond donors (Lipinski definition) is 1. The van der Waals surface area contributed by atoms with Gasteiger partial charge >= 0.3 is 0 Å². The number of nitrogens with zero attached hydrogens (tertiary/aromatic N) is 2. The first-order chi connectivity index (χ1) is 10.8. The molecular weight excluding hydrogens is 274 g/mol. The number of piperazine rings is 1. The maximum atomic E-state index is 11.7. The van der Waals surface area contributed by atoms with Gasteiger partial charge in [-0.05, 0) is 12.0 Å². The van der Waals surface area contributed by atoms with Crippen molar-refractivity contribution in [3.63, 3.8) is 0 Å². The first kappa shape index (κ1) is 17.0. The molecule has 1 saturated heterocycles. The van der Waals surface area contributed by atoms with Gasteiger partial charge in [-0.3, -0.25) is 9.69 Å². The van der Waals surface area contributed by atoms with Crippen LogP contribution in [0.15, 0.2) is 30.3 Å². The van der Waals surface area contributed by atoms with Gasteiger partial charge in [-0.15, -0.1) is 0 Å². The highest BCUT2D eigenvalue weighted by Gasteiger charge is 2.17. The standard InChI is InChI=1S/C18H29N3O/c1-2-3-10-19-18(22)9-11-20-12-14-21(15-13-20)16-17-7-5-4-6-8-17/h4-8H,2-3,9-16H2,1H3,(H,19,22). The summed E-state index contributed by atoms with van der Waals surface area (Å²) < 4.78 is 0. The molecule has 122 valence electrons. The van der Waals surface area contributed by atoms with Crippen LogP contribution >= 0.6 is 0 Å². The third kappa shape index (κ3) is 6.16. The van der Waals surface area contributed by atoms with Crippen molar-refractivity contribution in [2.24, 2.45) is 0 Å². The second kappa shape index (κ2) is 9.59. The predicted octanol–water partition coefficient (Wildman–Crippen LogP) is 2.11. The van der Waals surface area contributed by atoms with Crippen molar-refractivity contribution in [3.8, 4) is 0 Å². The number of amides is 1. The summed E-state index contributed by atoms with van der Waals surface area (Å²) in [7, 11) is 0. The van der Waals surface area contributed by atoms with E-state index in [0.717, 1.165) is 58.7 Å². The van der Waals surface area contributed by atoms with Gasteiger partial charge in [0.25, 0.3) is 0 Å². The molecule has 0 spiro atoms. The summed E-state index contributed by atoms with van der Waals surface area (Å²) in [5, 5.41) is 2.99. The maximum Gasteiger partial charge on any atom is 0.221 e. The van der Waals surface area contributed by atoms with Crippen molar-refractivity contribution in [3.05, 3.63) is 35.9 Å². The number of hydrogen-bond acceptors (Lipinski definition) is 3. The van der Waals surface area contributed by atoms with Crippen LogP contribution in [-0.2, 0) is 11.3 Å². The lowest BCUT2D eigenvalue weighted by Crippen LogP contribution is -2.46. The topological polar surface area (TPSA) is 35.6 Å². The van der Waals surface area contributed by atoms with Gasteiger partial charge < -0.3 is 10.2 Å². The van der Waals surface area contributed by atoms with E-state index in [9.17, 15) is 4.79 Å². The van der Waals surface area contributed by atoms with E-state index in [-0.39, 0.29) is 5.91 Å². The van der Waals surface area contributed by atoms with Crippen molar-refractivity contribution < 1.29 is 4.79 Å². The number of unbranched alkanes of at least 4 members (excludes halogenated alkanes) is 1. The number of rotatable bonds is 8. The smallest absolute Gasteiger partial charge is 0.221 e. The van der Waals surface area contributed by atoms with Crippen LogP contribution in [0, 0.1) is 0 Å². The van der Waals surface area contributed by atoms with Crippen LogP contribution in [-0.4, -0.2) is 55.0 Å². The van der Waals surface area contributed by atoms with E-state index in [1.54, 1.807) is 0 Å². The van der Waals surface area contributed by atoms with Crippen molar-refractivity contribution in [2.75, 3.05) is 39.3 Å². The number of nitrogens with one attached hydrogen (secondary N) is 1. The molecule has 0 saturated carbocycles. The largest absolute Gasteiger partial charge is 0.356 e. The van der Waals surface area contributed by atoms with Crippen molar-refractivity contribution in [1.29, 1.82) is 0 Å². The highest BCUT2D eigenvalue weighted by molar-refractivity contribution is 5.75. The Kier molecular flexibility index (Phi) is 7.40.